The first-order valence-electron chi connectivity index (χ1n) is 11.2. The first-order valence-corrected chi connectivity index (χ1v) is 11.2. The summed E-state index contributed by atoms with van der Waals surface area (Å²) in [4.78, 5) is 19.9. The number of hydrogen-bond acceptors (Lipinski definition) is 6. The number of amides is 1. The van der Waals surface area contributed by atoms with Gasteiger partial charge in [0.2, 0.25) is 0 Å². The molecule has 3 aromatic heterocycles. The van der Waals surface area contributed by atoms with Gasteiger partial charge in [-0.1, -0.05) is 36.4 Å². The number of benzene rings is 2. The maximum absolute atomic E-state index is 13.0. The number of aromatic amines is 1. The van der Waals surface area contributed by atoms with Crippen LogP contribution in [0.5, 0.6) is 5.75 Å². The summed E-state index contributed by atoms with van der Waals surface area (Å²) in [5.74, 6) is 1.07. The number of fused-ring (bicyclic) bond motifs is 1. The zero-order valence-corrected chi connectivity index (χ0v) is 19.6. The summed E-state index contributed by atoms with van der Waals surface area (Å²) in [6.07, 6.45) is 3.51. The number of nitrogens with one attached hydrogen (secondary N) is 2. The molecule has 0 spiro atoms. The van der Waals surface area contributed by atoms with Gasteiger partial charge in [0.25, 0.3) is 5.91 Å². The first kappa shape index (κ1) is 22.1. The zero-order valence-electron chi connectivity index (χ0n) is 19.6. The third kappa shape index (κ3) is 4.43. The van der Waals surface area contributed by atoms with Crippen LogP contribution >= 0.6 is 0 Å². The molecule has 0 unspecified atom stereocenters. The van der Waals surface area contributed by atoms with Gasteiger partial charge in [0.05, 0.1) is 25.0 Å². The van der Waals surface area contributed by atoms with Gasteiger partial charge < -0.3 is 15.0 Å². The van der Waals surface area contributed by atoms with Crippen molar-refractivity contribution in [2.24, 2.45) is 0 Å². The fraction of sp³-hybridized carbons (Fsp3) is 0.154. The molecule has 3 heterocycles. The van der Waals surface area contributed by atoms with E-state index in [4.69, 9.17) is 9.72 Å². The lowest BCUT2D eigenvalue weighted by molar-refractivity contribution is 0.102. The van der Waals surface area contributed by atoms with Gasteiger partial charge in [-0.15, -0.1) is 0 Å². The fourth-order valence-electron chi connectivity index (χ4n) is 3.90. The van der Waals surface area contributed by atoms with E-state index in [0.29, 0.717) is 17.1 Å². The smallest absolute Gasteiger partial charge is 0.276 e. The molecule has 0 saturated heterocycles. The highest BCUT2D eigenvalue weighted by Gasteiger charge is 2.20. The van der Waals surface area contributed by atoms with Crippen molar-refractivity contribution in [3.8, 4) is 17.0 Å². The van der Waals surface area contributed by atoms with E-state index in [1.54, 1.807) is 42.2 Å². The Morgan fingerprint density at radius 1 is 1.11 bits per heavy atom. The number of ether oxygens (including phenoxy) is 1. The average Bonchev–Trinajstić information content (AvgIpc) is 3.58. The Morgan fingerprint density at radius 2 is 1.94 bits per heavy atom. The standard InChI is InChI=1S/C26H25N7O2/c1-17(18-8-5-4-6-9-18)32(2)24-14-23(19-15-27-28-16-19)33-25(30-24)13-22(31-33)26(34)29-20-10-7-11-21(12-20)35-3/h4-17H,1-3H3,(H,27,28)(H,29,34)/t17-/m0/s1. The number of rotatable bonds is 7. The van der Waals surface area contributed by atoms with E-state index >= 15 is 0 Å². The van der Waals surface area contributed by atoms with E-state index in [1.165, 1.54) is 5.56 Å². The third-order valence-electron chi connectivity index (χ3n) is 5.99. The summed E-state index contributed by atoms with van der Waals surface area (Å²) in [7, 11) is 3.59. The summed E-state index contributed by atoms with van der Waals surface area (Å²) in [5, 5.41) is 14.4. The van der Waals surface area contributed by atoms with Gasteiger partial charge >= 0.3 is 0 Å². The second-order valence-electron chi connectivity index (χ2n) is 8.17. The number of H-pyrrole nitrogens is 1. The van der Waals surface area contributed by atoms with Crippen molar-refractivity contribution in [3.63, 3.8) is 0 Å². The molecule has 35 heavy (non-hydrogen) atoms. The van der Waals surface area contributed by atoms with Crippen LogP contribution in [0, 0.1) is 0 Å². The van der Waals surface area contributed by atoms with E-state index in [1.807, 2.05) is 43.4 Å². The minimum Gasteiger partial charge on any atom is -0.497 e. The molecule has 0 aliphatic carbocycles. The van der Waals surface area contributed by atoms with Crippen LogP contribution in [0.4, 0.5) is 11.5 Å². The van der Waals surface area contributed by atoms with Gasteiger partial charge in [-0.25, -0.2) is 9.50 Å². The number of nitrogens with zero attached hydrogens (tertiary/aromatic N) is 5. The summed E-state index contributed by atoms with van der Waals surface area (Å²) in [6.45, 7) is 2.13. The maximum atomic E-state index is 13.0. The molecule has 9 heteroatoms. The molecule has 0 radical (unpaired) electrons. The molecule has 1 atom stereocenters. The summed E-state index contributed by atoms with van der Waals surface area (Å²) in [6, 6.07) is 21.1. The third-order valence-corrected chi connectivity index (χ3v) is 5.99. The minimum absolute atomic E-state index is 0.0853. The molecule has 0 saturated carbocycles. The molecule has 176 valence electrons. The van der Waals surface area contributed by atoms with Gasteiger partial charge in [-0.2, -0.15) is 10.2 Å². The van der Waals surface area contributed by atoms with Crippen molar-refractivity contribution in [2.45, 2.75) is 13.0 Å². The average molecular weight is 468 g/mol. The Labute approximate surface area is 202 Å². The topological polar surface area (TPSA) is 100 Å². The van der Waals surface area contributed by atoms with E-state index < -0.39 is 0 Å². The number of anilines is 2. The van der Waals surface area contributed by atoms with Crippen LogP contribution < -0.4 is 15.0 Å². The van der Waals surface area contributed by atoms with Gasteiger partial charge in [-0.3, -0.25) is 9.89 Å². The van der Waals surface area contributed by atoms with Crippen molar-refractivity contribution in [3.05, 3.63) is 90.4 Å². The van der Waals surface area contributed by atoms with Crippen LogP contribution in [0.25, 0.3) is 16.9 Å². The van der Waals surface area contributed by atoms with Crippen molar-refractivity contribution in [1.82, 2.24) is 24.8 Å². The number of hydrogen-bond donors (Lipinski definition) is 2. The molecule has 2 aromatic carbocycles. The van der Waals surface area contributed by atoms with Crippen LogP contribution in [-0.4, -0.2) is 44.9 Å². The summed E-state index contributed by atoms with van der Waals surface area (Å²) in [5.41, 5.74) is 4.20. The lowest BCUT2D eigenvalue weighted by Crippen LogP contribution is -2.23. The molecule has 5 rings (SSSR count). The van der Waals surface area contributed by atoms with Gasteiger partial charge in [0, 0.05) is 42.7 Å². The highest BCUT2D eigenvalue weighted by Crippen LogP contribution is 2.29. The van der Waals surface area contributed by atoms with Crippen LogP contribution in [0.2, 0.25) is 0 Å². The minimum atomic E-state index is -0.338. The van der Waals surface area contributed by atoms with E-state index in [0.717, 1.165) is 17.1 Å². The van der Waals surface area contributed by atoms with Gasteiger partial charge in [0.15, 0.2) is 11.3 Å². The van der Waals surface area contributed by atoms with Crippen molar-refractivity contribution < 1.29 is 9.53 Å². The predicted molar refractivity (Wildman–Crippen MR) is 135 cm³/mol. The molecular formula is C26H25N7O2. The predicted octanol–water partition coefficient (Wildman–Crippen LogP) is 4.58. The lowest BCUT2D eigenvalue weighted by atomic mass is 10.1. The Hall–Kier alpha value is -4.66. The Kier molecular flexibility index (Phi) is 5.88. The molecular weight excluding hydrogens is 442 g/mol. The first-order chi connectivity index (χ1) is 17.0. The highest BCUT2D eigenvalue weighted by molar-refractivity contribution is 6.03. The number of carbonyl (C=O) groups is 1. The van der Waals surface area contributed by atoms with E-state index in [2.05, 4.69) is 44.6 Å². The second-order valence-corrected chi connectivity index (χ2v) is 8.17. The van der Waals surface area contributed by atoms with Gasteiger partial charge in [0.1, 0.15) is 11.6 Å². The zero-order chi connectivity index (χ0) is 24.4. The second kappa shape index (κ2) is 9.30. The van der Waals surface area contributed by atoms with Crippen LogP contribution in [0.1, 0.15) is 29.0 Å². The van der Waals surface area contributed by atoms with Crippen molar-refractivity contribution in [2.75, 3.05) is 24.4 Å². The SMILES string of the molecule is COc1cccc(NC(=O)c2cc3nc(N(C)[C@@H](C)c4ccccc4)cc(-c4cn[nH]c4)n3n2)c1. The van der Waals surface area contributed by atoms with Crippen molar-refractivity contribution >= 4 is 23.1 Å². The molecule has 0 aliphatic rings. The molecule has 0 bridgehead atoms. The normalized spacial score (nSPS) is 11.9. The molecule has 1 amide bonds. The maximum Gasteiger partial charge on any atom is 0.276 e. The monoisotopic (exact) mass is 467 g/mol. The number of carbonyl (C=O) groups excluding carboxylic acids is 1. The van der Waals surface area contributed by atoms with E-state index in [-0.39, 0.29) is 17.6 Å². The molecule has 9 nitrogen and oxygen atoms in total. The van der Waals surface area contributed by atoms with Gasteiger partial charge in [-0.05, 0) is 24.6 Å². The fourth-order valence-corrected chi connectivity index (χ4v) is 3.90. The molecule has 2 N–H and O–H groups in total. The summed E-state index contributed by atoms with van der Waals surface area (Å²) >= 11 is 0. The number of aromatic nitrogens is 5. The van der Waals surface area contributed by atoms with Crippen molar-refractivity contribution in [1.29, 1.82) is 0 Å². The number of methoxy groups -OCH3 is 1. The van der Waals surface area contributed by atoms with Crippen LogP contribution in [-0.2, 0) is 0 Å². The Morgan fingerprint density at radius 3 is 2.69 bits per heavy atom. The molecule has 0 fully saturated rings. The molecule has 5 aromatic rings. The Balaban J connectivity index is 1.53. The van der Waals surface area contributed by atoms with Crippen LogP contribution in [0.3, 0.4) is 0 Å². The van der Waals surface area contributed by atoms with E-state index in [9.17, 15) is 4.79 Å². The Bertz CT molecular complexity index is 1460. The van der Waals surface area contributed by atoms with Crippen LogP contribution in [0.15, 0.2) is 79.1 Å². The highest BCUT2D eigenvalue weighted by atomic mass is 16.5. The largest absolute Gasteiger partial charge is 0.497 e. The quantitative estimate of drug-likeness (QED) is 0.363. The lowest BCUT2D eigenvalue weighted by Gasteiger charge is -2.27. The molecule has 0 aliphatic heterocycles. The summed E-state index contributed by atoms with van der Waals surface area (Å²) < 4.78 is 6.90.